The van der Waals surface area contributed by atoms with Crippen LogP contribution in [0.3, 0.4) is 0 Å². The van der Waals surface area contributed by atoms with E-state index < -0.39 is 0 Å². The zero-order valence-corrected chi connectivity index (χ0v) is 27.9. The lowest BCUT2D eigenvalue weighted by atomic mass is 10.0. The van der Waals surface area contributed by atoms with Gasteiger partial charge in [0.15, 0.2) is 23.0 Å². The minimum absolute atomic E-state index is 0.864. The smallest absolute Gasteiger partial charge is 0.152 e. The van der Waals surface area contributed by atoms with E-state index in [-0.39, 0.29) is 0 Å². The molecule has 0 radical (unpaired) electrons. The van der Waals surface area contributed by atoms with Crippen molar-refractivity contribution >= 4 is 43.6 Å². The Morgan fingerprint density at radius 2 is 0.712 bits per heavy atom. The molecule has 12 rings (SSSR count). The molecule has 0 bridgehead atoms. The second kappa shape index (κ2) is 10.3. The maximum absolute atomic E-state index is 6.59. The van der Waals surface area contributed by atoms with Crippen molar-refractivity contribution in [3.63, 3.8) is 0 Å². The van der Waals surface area contributed by atoms with Gasteiger partial charge in [-0.25, -0.2) is 0 Å². The van der Waals surface area contributed by atoms with Gasteiger partial charge >= 0.3 is 0 Å². The molecule has 8 aromatic carbocycles. The molecule has 0 saturated heterocycles. The minimum atomic E-state index is 0.864. The molecule has 2 aromatic heterocycles. The van der Waals surface area contributed by atoms with Crippen LogP contribution in [0.2, 0.25) is 0 Å². The summed E-state index contributed by atoms with van der Waals surface area (Å²) < 4.78 is 17.9. The van der Waals surface area contributed by atoms with Gasteiger partial charge in [-0.15, -0.1) is 0 Å². The van der Waals surface area contributed by atoms with Crippen LogP contribution in [0.15, 0.2) is 170 Å². The first kappa shape index (κ1) is 27.7. The minimum Gasteiger partial charge on any atom is -0.453 e. The fraction of sp³-hybridized carbons (Fsp3) is 0. The Balaban J connectivity index is 1.01. The Labute approximate surface area is 298 Å². The van der Waals surface area contributed by atoms with Crippen molar-refractivity contribution in [1.82, 2.24) is 9.13 Å². The van der Waals surface area contributed by atoms with E-state index >= 15 is 0 Å². The molecule has 0 saturated carbocycles. The van der Waals surface area contributed by atoms with E-state index in [0.717, 1.165) is 56.5 Å². The summed E-state index contributed by atoms with van der Waals surface area (Å²) in [5.74, 6) is 3.48. The van der Waals surface area contributed by atoms with Gasteiger partial charge in [-0.3, -0.25) is 0 Å². The van der Waals surface area contributed by atoms with Crippen LogP contribution in [-0.4, -0.2) is 9.13 Å². The van der Waals surface area contributed by atoms with Crippen molar-refractivity contribution in [1.29, 1.82) is 0 Å². The zero-order chi connectivity index (χ0) is 33.9. The average molecular weight is 665 g/mol. The molecule has 52 heavy (non-hydrogen) atoms. The molecule has 2 aliphatic rings. The lowest BCUT2D eigenvalue weighted by Gasteiger charge is -2.21. The lowest BCUT2D eigenvalue weighted by molar-refractivity contribution is 0.476. The summed E-state index contributed by atoms with van der Waals surface area (Å²) in [6.45, 7) is 0. The van der Waals surface area contributed by atoms with Crippen LogP contribution in [-0.2, 0) is 0 Å². The van der Waals surface area contributed by atoms with Crippen molar-refractivity contribution < 1.29 is 9.47 Å². The molecule has 0 unspecified atom stereocenters. The standard InChI is InChI=1S/C48H28N2O2/c1-3-9-29(10-4-1)33-19-23-41-45(27-33)51-43-15-7-13-35-37-25-31(17-21-39(37)49(41)47(35)43)32-18-22-40-38(26-32)36-14-8-16-44-48(36)50(40)42-24-20-34(28-46(42)52-44)30-11-5-2-6-12-30/h1-28H. The molecule has 4 heteroatoms. The first-order valence-corrected chi connectivity index (χ1v) is 17.7. The highest BCUT2D eigenvalue weighted by Gasteiger charge is 2.26. The van der Waals surface area contributed by atoms with Crippen LogP contribution in [0, 0.1) is 0 Å². The summed E-state index contributed by atoms with van der Waals surface area (Å²) in [7, 11) is 0. The second-order valence-corrected chi connectivity index (χ2v) is 13.7. The number of rotatable bonds is 3. The van der Waals surface area contributed by atoms with Crippen molar-refractivity contribution in [2.75, 3.05) is 0 Å². The molecule has 0 fully saturated rings. The number of benzene rings is 8. The van der Waals surface area contributed by atoms with E-state index in [9.17, 15) is 0 Å². The molecule has 0 N–H and O–H groups in total. The van der Waals surface area contributed by atoms with Gasteiger partial charge in [-0.2, -0.15) is 0 Å². The summed E-state index contributed by atoms with van der Waals surface area (Å²) >= 11 is 0. The molecule has 0 amide bonds. The van der Waals surface area contributed by atoms with Gasteiger partial charge in [0.2, 0.25) is 0 Å². The molecule has 0 atom stereocenters. The maximum Gasteiger partial charge on any atom is 0.152 e. The number of fused-ring (bicyclic) bond motifs is 10. The molecule has 242 valence electrons. The Morgan fingerprint density at radius 1 is 0.288 bits per heavy atom. The second-order valence-electron chi connectivity index (χ2n) is 13.7. The molecule has 4 nitrogen and oxygen atoms in total. The van der Waals surface area contributed by atoms with Gasteiger partial charge in [0.1, 0.15) is 0 Å². The third-order valence-corrected chi connectivity index (χ3v) is 10.9. The fourth-order valence-corrected chi connectivity index (χ4v) is 8.52. The highest BCUT2D eigenvalue weighted by atomic mass is 16.5. The lowest BCUT2D eigenvalue weighted by Crippen LogP contribution is -2.04. The largest absolute Gasteiger partial charge is 0.453 e. The average Bonchev–Trinajstić information content (AvgIpc) is 3.73. The number of hydrogen-bond donors (Lipinski definition) is 0. The van der Waals surface area contributed by atoms with Crippen molar-refractivity contribution in [3.8, 4) is 67.8 Å². The third-order valence-electron chi connectivity index (χ3n) is 10.9. The van der Waals surface area contributed by atoms with Crippen molar-refractivity contribution in [2.45, 2.75) is 0 Å². The fourth-order valence-electron chi connectivity index (χ4n) is 8.52. The Kier molecular flexibility index (Phi) is 5.47. The number of ether oxygens (including phenoxy) is 2. The van der Waals surface area contributed by atoms with Crippen LogP contribution < -0.4 is 9.47 Å². The van der Waals surface area contributed by atoms with Crippen LogP contribution in [0.4, 0.5) is 0 Å². The van der Waals surface area contributed by atoms with Crippen molar-refractivity contribution in [2.24, 2.45) is 0 Å². The summed E-state index contributed by atoms with van der Waals surface area (Å²) in [6.07, 6.45) is 0. The van der Waals surface area contributed by atoms with Crippen LogP contribution in [0.5, 0.6) is 23.0 Å². The monoisotopic (exact) mass is 664 g/mol. The van der Waals surface area contributed by atoms with Gasteiger partial charge in [0.05, 0.1) is 33.4 Å². The number of aromatic nitrogens is 2. The predicted octanol–water partition coefficient (Wildman–Crippen LogP) is 13.1. The maximum atomic E-state index is 6.59. The van der Waals surface area contributed by atoms with E-state index in [1.807, 2.05) is 12.1 Å². The third kappa shape index (κ3) is 3.81. The first-order valence-electron chi connectivity index (χ1n) is 17.7. The molecular formula is C48H28N2O2. The van der Waals surface area contributed by atoms with Crippen LogP contribution >= 0.6 is 0 Å². The van der Waals surface area contributed by atoms with E-state index in [1.54, 1.807) is 0 Å². The molecule has 0 aliphatic carbocycles. The quantitative estimate of drug-likeness (QED) is 0.188. The predicted molar refractivity (Wildman–Crippen MR) is 212 cm³/mol. The molecule has 0 spiro atoms. The van der Waals surface area contributed by atoms with Gasteiger partial charge in [0.25, 0.3) is 0 Å². The van der Waals surface area contributed by atoms with Crippen molar-refractivity contribution in [3.05, 3.63) is 170 Å². The summed E-state index contributed by atoms with van der Waals surface area (Å²) in [6, 6.07) is 60.5. The van der Waals surface area contributed by atoms with E-state index in [2.05, 4.69) is 167 Å². The summed E-state index contributed by atoms with van der Waals surface area (Å²) in [5, 5.41) is 4.78. The molecule has 10 aromatic rings. The first-order chi connectivity index (χ1) is 25.8. The SMILES string of the molecule is c1ccc(-c2ccc3c(c2)Oc2cccc4c5cc(-c6ccc7c(c6)c6cccc8c6n7-c6ccc(-c7ccccc7)cc6O8)ccc5n-3c24)cc1. The number of para-hydroxylation sites is 2. The van der Waals surface area contributed by atoms with E-state index in [1.165, 1.54) is 54.8 Å². The highest BCUT2D eigenvalue weighted by molar-refractivity contribution is 6.15. The summed E-state index contributed by atoms with van der Waals surface area (Å²) in [5.41, 5.74) is 13.6. The zero-order valence-electron chi connectivity index (χ0n) is 27.9. The summed E-state index contributed by atoms with van der Waals surface area (Å²) in [4.78, 5) is 0. The van der Waals surface area contributed by atoms with Gasteiger partial charge in [-0.05, 0) is 94.0 Å². The number of nitrogens with zero attached hydrogens (tertiary/aromatic N) is 2. The Bertz CT molecular complexity index is 2900. The van der Waals surface area contributed by atoms with Gasteiger partial charge in [0, 0.05) is 21.5 Å². The molecule has 4 heterocycles. The normalized spacial score (nSPS) is 12.5. The van der Waals surface area contributed by atoms with Crippen LogP contribution in [0.1, 0.15) is 0 Å². The highest BCUT2D eigenvalue weighted by Crippen LogP contribution is 2.49. The van der Waals surface area contributed by atoms with E-state index in [0.29, 0.717) is 0 Å². The molecular weight excluding hydrogens is 637 g/mol. The Morgan fingerprint density at radius 3 is 1.17 bits per heavy atom. The van der Waals surface area contributed by atoms with Gasteiger partial charge < -0.3 is 18.6 Å². The van der Waals surface area contributed by atoms with Gasteiger partial charge in [-0.1, -0.05) is 109 Å². The molecule has 2 aliphatic heterocycles. The Hall–Kier alpha value is -7.04. The van der Waals surface area contributed by atoms with E-state index in [4.69, 9.17) is 9.47 Å². The number of hydrogen-bond acceptors (Lipinski definition) is 2. The van der Waals surface area contributed by atoms with Crippen LogP contribution in [0.25, 0.3) is 88.4 Å². The topological polar surface area (TPSA) is 28.3 Å².